The third kappa shape index (κ3) is 3.79. The highest BCUT2D eigenvalue weighted by atomic mass is 19.4. The Labute approximate surface area is 185 Å². The van der Waals surface area contributed by atoms with Crippen molar-refractivity contribution in [2.45, 2.75) is 31.6 Å². The predicted octanol–water partition coefficient (Wildman–Crippen LogP) is 2.66. The van der Waals surface area contributed by atoms with Gasteiger partial charge in [-0.15, -0.1) is 0 Å². The molecule has 1 saturated heterocycles. The van der Waals surface area contributed by atoms with Crippen LogP contribution in [0.3, 0.4) is 0 Å². The summed E-state index contributed by atoms with van der Waals surface area (Å²) in [5, 5.41) is 4.56. The van der Waals surface area contributed by atoms with E-state index in [0.717, 1.165) is 6.92 Å². The van der Waals surface area contributed by atoms with Gasteiger partial charge in [0.1, 0.15) is 11.7 Å². The van der Waals surface area contributed by atoms with Gasteiger partial charge in [-0.3, -0.25) is 15.0 Å². The molecule has 2 atom stereocenters. The molecule has 0 saturated carbocycles. The molecule has 0 spiro atoms. The zero-order valence-electron chi connectivity index (χ0n) is 17.3. The van der Waals surface area contributed by atoms with Gasteiger partial charge in [0, 0.05) is 19.3 Å². The third-order valence-electron chi connectivity index (χ3n) is 5.76. The first kappa shape index (κ1) is 21.0. The molecule has 2 aliphatic rings. The quantitative estimate of drug-likeness (QED) is 0.553. The zero-order valence-corrected chi connectivity index (χ0v) is 17.3. The van der Waals surface area contributed by atoms with Crippen molar-refractivity contribution in [1.82, 2.24) is 25.3 Å². The number of hydrogen-bond donors (Lipinski definition) is 3. The van der Waals surface area contributed by atoms with Crippen molar-refractivity contribution in [3.8, 4) is 0 Å². The van der Waals surface area contributed by atoms with E-state index in [1.165, 1.54) is 11.0 Å². The Balaban J connectivity index is 1.43. The number of urea groups is 1. The largest absolute Gasteiger partial charge is 0.408 e. The van der Waals surface area contributed by atoms with Crippen LogP contribution < -0.4 is 20.4 Å². The molecule has 33 heavy (non-hydrogen) atoms. The number of fused-ring (bicyclic) bond motifs is 5. The van der Waals surface area contributed by atoms with Crippen LogP contribution in [0.4, 0.5) is 35.4 Å². The summed E-state index contributed by atoms with van der Waals surface area (Å²) in [6.07, 6.45) is -0.660. The van der Waals surface area contributed by atoms with Gasteiger partial charge in [-0.2, -0.15) is 13.2 Å². The number of H-pyrrole nitrogens is 1. The monoisotopic (exact) mass is 460 g/mol. The molecule has 0 aliphatic carbocycles. The fraction of sp³-hybridized carbons (Fsp3) is 0.350. The van der Waals surface area contributed by atoms with Crippen LogP contribution in [0.5, 0.6) is 0 Å². The highest BCUT2D eigenvalue weighted by Crippen LogP contribution is 2.39. The first-order valence-electron chi connectivity index (χ1n) is 10.2. The van der Waals surface area contributed by atoms with E-state index in [1.54, 1.807) is 24.5 Å². The van der Waals surface area contributed by atoms with Gasteiger partial charge in [-0.25, -0.2) is 19.7 Å². The number of halogens is 3. The Hall–Kier alpha value is -3.90. The van der Waals surface area contributed by atoms with Gasteiger partial charge in [0.2, 0.25) is 5.95 Å². The molecule has 1 unspecified atom stereocenters. The number of nitrogens with one attached hydrogen (secondary N) is 3. The Bertz CT molecular complexity index is 1240. The van der Waals surface area contributed by atoms with Crippen LogP contribution in [0.15, 0.2) is 30.6 Å². The van der Waals surface area contributed by atoms with E-state index in [9.17, 15) is 22.8 Å². The van der Waals surface area contributed by atoms with Crippen molar-refractivity contribution >= 4 is 40.4 Å². The number of rotatable bonds is 3. The Morgan fingerprint density at radius 3 is 2.85 bits per heavy atom. The van der Waals surface area contributed by atoms with Gasteiger partial charge < -0.3 is 15.2 Å². The molecule has 5 rings (SSSR count). The molecule has 3 aromatic rings. The Kier molecular flexibility index (Phi) is 4.83. The summed E-state index contributed by atoms with van der Waals surface area (Å²) in [7, 11) is 0. The lowest BCUT2D eigenvalue weighted by Crippen LogP contribution is -2.49. The number of pyridine rings is 1. The third-order valence-corrected chi connectivity index (χ3v) is 5.76. The summed E-state index contributed by atoms with van der Waals surface area (Å²) >= 11 is 0. The minimum Gasteiger partial charge on any atom is -0.366 e. The van der Waals surface area contributed by atoms with E-state index in [0.29, 0.717) is 36.2 Å². The summed E-state index contributed by atoms with van der Waals surface area (Å²) in [6, 6.07) is 1.91. The molecule has 3 amide bonds. The molecule has 0 radical (unpaired) electrons. The van der Waals surface area contributed by atoms with Crippen LogP contribution in [0, 0.1) is 0 Å². The number of alkyl halides is 3. The highest BCUT2D eigenvalue weighted by Gasteiger charge is 2.41. The Morgan fingerprint density at radius 1 is 1.24 bits per heavy atom. The summed E-state index contributed by atoms with van der Waals surface area (Å²) in [6.45, 7) is 2.12. The zero-order chi connectivity index (χ0) is 23.3. The second-order valence-corrected chi connectivity index (χ2v) is 7.93. The highest BCUT2D eigenvalue weighted by molar-refractivity contribution is 6.04. The number of nitrogens with zero attached hydrogens (tertiary/aromatic N) is 5. The SMILES string of the molecule is C[C@@H](NC(=O)c1ccc2c(n1)N(C(=O)Nc1ncc3[nH]ccc3n1)C1CCN2C1)C(F)(F)F. The van der Waals surface area contributed by atoms with E-state index in [4.69, 9.17) is 0 Å². The molecule has 0 aromatic carbocycles. The average molecular weight is 460 g/mol. The number of anilines is 3. The Morgan fingerprint density at radius 2 is 2.06 bits per heavy atom. The smallest absolute Gasteiger partial charge is 0.366 e. The van der Waals surface area contributed by atoms with Gasteiger partial charge in [0.15, 0.2) is 5.82 Å². The number of aromatic amines is 1. The summed E-state index contributed by atoms with van der Waals surface area (Å²) in [5.74, 6) is -0.671. The molecular formula is C20H19F3N8O2. The van der Waals surface area contributed by atoms with E-state index < -0.39 is 24.2 Å². The molecule has 10 nitrogen and oxygen atoms in total. The normalized spacial score (nSPS) is 18.2. The molecule has 172 valence electrons. The first-order chi connectivity index (χ1) is 15.7. The maximum absolute atomic E-state index is 13.2. The maximum Gasteiger partial charge on any atom is 0.408 e. The van der Waals surface area contributed by atoms with Crippen molar-refractivity contribution < 1.29 is 22.8 Å². The van der Waals surface area contributed by atoms with Crippen molar-refractivity contribution in [3.63, 3.8) is 0 Å². The minimum absolute atomic E-state index is 0.0991. The van der Waals surface area contributed by atoms with Crippen LogP contribution in [0.2, 0.25) is 0 Å². The van der Waals surface area contributed by atoms with Crippen LogP contribution in [-0.2, 0) is 0 Å². The van der Waals surface area contributed by atoms with Gasteiger partial charge in [-0.1, -0.05) is 0 Å². The van der Waals surface area contributed by atoms with E-state index in [-0.39, 0.29) is 23.5 Å². The van der Waals surface area contributed by atoms with E-state index in [2.05, 4.69) is 25.3 Å². The predicted molar refractivity (Wildman–Crippen MR) is 113 cm³/mol. The van der Waals surface area contributed by atoms with Gasteiger partial charge in [-0.05, 0) is 31.5 Å². The van der Waals surface area contributed by atoms with E-state index >= 15 is 0 Å². The number of amides is 3. The topological polar surface area (TPSA) is 119 Å². The fourth-order valence-corrected chi connectivity index (χ4v) is 4.01. The molecule has 3 N–H and O–H groups in total. The number of hydrogen-bond acceptors (Lipinski definition) is 6. The molecule has 2 aliphatic heterocycles. The lowest BCUT2D eigenvalue weighted by molar-refractivity contribution is -0.149. The summed E-state index contributed by atoms with van der Waals surface area (Å²) < 4.78 is 38.5. The second kappa shape index (κ2) is 7.60. The fourth-order valence-electron chi connectivity index (χ4n) is 4.01. The van der Waals surface area contributed by atoms with Gasteiger partial charge in [0.25, 0.3) is 5.91 Å². The van der Waals surface area contributed by atoms with Crippen LogP contribution in [-0.4, -0.2) is 63.2 Å². The van der Waals surface area contributed by atoms with Crippen molar-refractivity contribution in [2.24, 2.45) is 0 Å². The maximum atomic E-state index is 13.2. The molecule has 5 heterocycles. The molecule has 2 bridgehead atoms. The number of carbonyl (C=O) groups is 2. The van der Waals surface area contributed by atoms with Crippen LogP contribution in [0.1, 0.15) is 23.8 Å². The van der Waals surface area contributed by atoms with E-state index in [1.807, 2.05) is 10.2 Å². The van der Waals surface area contributed by atoms with Crippen molar-refractivity contribution in [2.75, 3.05) is 28.2 Å². The molecule has 1 fully saturated rings. The molecular weight excluding hydrogens is 441 g/mol. The lowest BCUT2D eigenvalue weighted by atomic mass is 10.1. The summed E-state index contributed by atoms with van der Waals surface area (Å²) in [4.78, 5) is 44.7. The lowest BCUT2D eigenvalue weighted by Gasteiger charge is -2.35. The van der Waals surface area contributed by atoms with Crippen molar-refractivity contribution in [3.05, 3.63) is 36.3 Å². The first-order valence-corrected chi connectivity index (χ1v) is 10.2. The van der Waals surface area contributed by atoms with Gasteiger partial charge >= 0.3 is 12.2 Å². The second-order valence-electron chi connectivity index (χ2n) is 7.93. The average Bonchev–Trinajstić information content (AvgIpc) is 3.40. The van der Waals surface area contributed by atoms with Crippen LogP contribution >= 0.6 is 0 Å². The summed E-state index contributed by atoms with van der Waals surface area (Å²) in [5.41, 5.74) is 1.76. The molecule has 3 aromatic heterocycles. The number of aromatic nitrogens is 4. The number of carbonyl (C=O) groups excluding carboxylic acids is 2. The van der Waals surface area contributed by atoms with Gasteiger partial charge in [0.05, 0.1) is 29.0 Å². The standard InChI is InChI=1S/C20H19F3N8O2/c1-10(20(21,22)23)26-17(32)13-2-3-15-16(27-13)31(11-5-7-30(15)9-11)19(33)29-18-25-8-14-12(28-18)4-6-24-14/h2-4,6,8,10-11,24H,5,7,9H2,1H3,(H,26,32)(H,25,28,29,33)/t10-,11?/m1/s1. The van der Waals surface area contributed by atoms with Crippen LogP contribution in [0.25, 0.3) is 11.0 Å². The molecule has 13 heteroatoms. The van der Waals surface area contributed by atoms with Crippen molar-refractivity contribution in [1.29, 1.82) is 0 Å². The minimum atomic E-state index is -4.58.